The van der Waals surface area contributed by atoms with E-state index in [-0.39, 0.29) is 6.61 Å². The number of carbonyl (C=O) groups excluding carboxylic acids is 1. The summed E-state index contributed by atoms with van der Waals surface area (Å²) in [6, 6.07) is 31.9. The molecule has 0 aromatic heterocycles. The van der Waals surface area contributed by atoms with Gasteiger partial charge in [-0.2, -0.15) is 0 Å². The third-order valence-corrected chi connectivity index (χ3v) is 8.54. The van der Waals surface area contributed by atoms with Crippen LogP contribution in [0.1, 0.15) is 27.0 Å². The molecule has 242 valence electrons. The molecule has 2 aliphatic heterocycles. The Morgan fingerprint density at radius 2 is 0.913 bits per heavy atom. The average molecular weight is 623 g/mol. The van der Waals surface area contributed by atoms with Crippen LogP contribution in [0, 0.1) is 0 Å². The SMILES string of the molecule is CN1CCN(c2ccc(OCc3ccc(C=O)cc3)cc2)CC1.CN1CCN(c2ccc(OCc3ccc(CO)cc3)cc2)CC1. The van der Waals surface area contributed by atoms with Crippen LogP contribution in [0.25, 0.3) is 0 Å². The number of hydrogen-bond donors (Lipinski definition) is 1. The molecule has 2 fully saturated rings. The maximum absolute atomic E-state index is 10.6. The normalized spacial score (nSPS) is 15.5. The topological polar surface area (TPSA) is 68.7 Å². The van der Waals surface area contributed by atoms with E-state index in [2.05, 4.69) is 58.0 Å². The Hall–Kier alpha value is -4.37. The molecular formula is C38H46N4O4. The number of rotatable bonds is 10. The van der Waals surface area contributed by atoms with Gasteiger partial charge in [-0.05, 0) is 79.3 Å². The predicted octanol–water partition coefficient (Wildman–Crippen LogP) is 5.34. The van der Waals surface area contributed by atoms with Crippen molar-refractivity contribution in [2.75, 3.05) is 76.3 Å². The lowest BCUT2D eigenvalue weighted by molar-refractivity contribution is 0.112. The minimum atomic E-state index is 0.0783. The third-order valence-electron chi connectivity index (χ3n) is 8.54. The second kappa shape index (κ2) is 16.8. The molecule has 2 saturated heterocycles. The van der Waals surface area contributed by atoms with Crippen molar-refractivity contribution < 1.29 is 19.4 Å². The minimum Gasteiger partial charge on any atom is -0.489 e. The lowest BCUT2D eigenvalue weighted by Gasteiger charge is -2.34. The fourth-order valence-corrected chi connectivity index (χ4v) is 5.40. The molecule has 0 saturated carbocycles. The lowest BCUT2D eigenvalue weighted by atomic mass is 10.1. The summed E-state index contributed by atoms with van der Waals surface area (Å²) in [5.74, 6) is 1.75. The first-order valence-electron chi connectivity index (χ1n) is 16.0. The summed E-state index contributed by atoms with van der Waals surface area (Å²) in [7, 11) is 4.33. The van der Waals surface area contributed by atoms with Crippen molar-refractivity contribution in [3.8, 4) is 11.5 Å². The van der Waals surface area contributed by atoms with Crippen molar-refractivity contribution in [2.45, 2.75) is 19.8 Å². The maximum Gasteiger partial charge on any atom is 0.150 e. The molecule has 1 N–H and O–H groups in total. The van der Waals surface area contributed by atoms with E-state index < -0.39 is 0 Å². The van der Waals surface area contributed by atoms with Gasteiger partial charge in [-0.1, -0.05) is 48.5 Å². The fraction of sp³-hybridized carbons (Fsp3) is 0.342. The van der Waals surface area contributed by atoms with Crippen molar-refractivity contribution in [1.29, 1.82) is 0 Å². The smallest absolute Gasteiger partial charge is 0.150 e. The molecule has 2 heterocycles. The lowest BCUT2D eigenvalue weighted by Crippen LogP contribution is -2.44. The summed E-state index contributed by atoms with van der Waals surface area (Å²) >= 11 is 0. The summed E-state index contributed by atoms with van der Waals surface area (Å²) in [5.41, 5.74) is 6.28. The van der Waals surface area contributed by atoms with Crippen LogP contribution >= 0.6 is 0 Å². The molecule has 6 rings (SSSR count). The summed E-state index contributed by atoms with van der Waals surface area (Å²) in [6.45, 7) is 9.86. The van der Waals surface area contributed by atoms with Gasteiger partial charge in [0.2, 0.25) is 0 Å². The van der Waals surface area contributed by atoms with Crippen molar-refractivity contribution in [3.63, 3.8) is 0 Å². The van der Waals surface area contributed by atoms with E-state index in [1.807, 2.05) is 72.8 Å². The Balaban J connectivity index is 0.000000181. The number of aliphatic hydroxyl groups is 1. The molecule has 2 aliphatic rings. The first kappa shape index (κ1) is 33.0. The van der Waals surface area contributed by atoms with Gasteiger partial charge in [0.15, 0.2) is 0 Å². The number of ether oxygens (including phenoxy) is 2. The Morgan fingerprint density at radius 3 is 1.28 bits per heavy atom. The van der Waals surface area contributed by atoms with E-state index >= 15 is 0 Å². The van der Waals surface area contributed by atoms with E-state index in [0.717, 1.165) is 86.8 Å². The van der Waals surface area contributed by atoms with Crippen LogP contribution in [0.3, 0.4) is 0 Å². The number of likely N-dealkylation sites (N-methyl/N-ethyl adjacent to an activating group) is 2. The highest BCUT2D eigenvalue weighted by Crippen LogP contribution is 2.23. The van der Waals surface area contributed by atoms with Crippen molar-refractivity contribution in [1.82, 2.24) is 9.80 Å². The van der Waals surface area contributed by atoms with Crippen LogP contribution in [0.15, 0.2) is 97.1 Å². The van der Waals surface area contributed by atoms with Crippen molar-refractivity contribution >= 4 is 17.7 Å². The van der Waals surface area contributed by atoms with E-state index in [4.69, 9.17) is 14.6 Å². The standard InChI is InChI=1S/C19H24N2O2.C19H22N2O2/c2*1-20-10-12-21(13-11-20)18-6-8-19(9-7-18)23-15-17-4-2-16(14-22)3-5-17/h2-9,22H,10-15H2,1H3;2-9,14H,10-13,15H2,1H3. The number of anilines is 2. The molecule has 8 nitrogen and oxygen atoms in total. The second-order valence-corrected chi connectivity index (χ2v) is 12.0. The van der Waals surface area contributed by atoms with Gasteiger partial charge in [-0.15, -0.1) is 0 Å². The van der Waals surface area contributed by atoms with Gasteiger partial charge in [0, 0.05) is 69.3 Å². The maximum atomic E-state index is 10.6. The zero-order valence-electron chi connectivity index (χ0n) is 27.1. The summed E-state index contributed by atoms with van der Waals surface area (Å²) < 4.78 is 11.6. The fourth-order valence-electron chi connectivity index (χ4n) is 5.40. The summed E-state index contributed by atoms with van der Waals surface area (Å²) in [5, 5.41) is 9.05. The predicted molar refractivity (Wildman–Crippen MR) is 185 cm³/mol. The summed E-state index contributed by atoms with van der Waals surface area (Å²) in [6.07, 6.45) is 0.849. The molecule has 4 aromatic rings. The summed E-state index contributed by atoms with van der Waals surface area (Å²) in [4.78, 5) is 20.2. The van der Waals surface area contributed by atoms with Crippen LogP contribution in [-0.4, -0.2) is 87.6 Å². The molecule has 0 radical (unpaired) electrons. The van der Waals surface area contributed by atoms with E-state index in [1.165, 1.54) is 11.4 Å². The monoisotopic (exact) mass is 622 g/mol. The van der Waals surface area contributed by atoms with Crippen LogP contribution < -0.4 is 19.3 Å². The van der Waals surface area contributed by atoms with Crippen LogP contribution in [0.5, 0.6) is 11.5 Å². The number of carbonyl (C=O) groups is 1. The van der Waals surface area contributed by atoms with Crippen LogP contribution in [0.2, 0.25) is 0 Å². The first-order chi connectivity index (χ1) is 22.5. The first-order valence-corrected chi connectivity index (χ1v) is 16.0. The largest absolute Gasteiger partial charge is 0.489 e. The Morgan fingerprint density at radius 1 is 0.543 bits per heavy atom. The van der Waals surface area contributed by atoms with Crippen LogP contribution in [-0.2, 0) is 19.8 Å². The second-order valence-electron chi connectivity index (χ2n) is 12.0. The Bertz CT molecular complexity index is 1460. The van der Waals surface area contributed by atoms with Gasteiger partial charge >= 0.3 is 0 Å². The van der Waals surface area contributed by atoms with Gasteiger partial charge in [0.05, 0.1) is 6.61 Å². The molecule has 0 atom stereocenters. The number of nitrogens with zero attached hydrogens (tertiary/aromatic N) is 4. The molecule has 46 heavy (non-hydrogen) atoms. The Labute approximate surface area is 273 Å². The third kappa shape index (κ3) is 9.81. The van der Waals surface area contributed by atoms with Gasteiger partial charge in [0.25, 0.3) is 0 Å². The minimum absolute atomic E-state index is 0.0783. The number of hydrogen-bond acceptors (Lipinski definition) is 8. The van der Waals surface area contributed by atoms with Gasteiger partial charge in [-0.3, -0.25) is 4.79 Å². The van der Waals surface area contributed by atoms with Gasteiger partial charge < -0.3 is 34.2 Å². The molecular weight excluding hydrogens is 576 g/mol. The molecule has 8 heteroatoms. The molecule has 0 aliphatic carbocycles. The number of aldehydes is 1. The highest BCUT2D eigenvalue weighted by atomic mass is 16.5. The van der Waals surface area contributed by atoms with Gasteiger partial charge in [0.1, 0.15) is 31.0 Å². The van der Waals surface area contributed by atoms with Gasteiger partial charge in [-0.25, -0.2) is 0 Å². The number of benzene rings is 4. The quantitative estimate of drug-likeness (QED) is 0.238. The Kier molecular flexibility index (Phi) is 12.1. The average Bonchev–Trinajstić information content (AvgIpc) is 3.12. The molecule has 4 aromatic carbocycles. The van der Waals surface area contributed by atoms with E-state index in [9.17, 15) is 4.79 Å². The highest BCUT2D eigenvalue weighted by Gasteiger charge is 2.15. The zero-order valence-corrected chi connectivity index (χ0v) is 27.1. The number of piperazine rings is 2. The molecule has 0 amide bonds. The van der Waals surface area contributed by atoms with E-state index in [1.54, 1.807) is 0 Å². The van der Waals surface area contributed by atoms with Crippen molar-refractivity contribution in [3.05, 3.63) is 119 Å². The molecule has 0 bridgehead atoms. The van der Waals surface area contributed by atoms with Crippen molar-refractivity contribution in [2.24, 2.45) is 0 Å². The highest BCUT2D eigenvalue weighted by molar-refractivity contribution is 5.74. The zero-order chi connectivity index (χ0) is 32.1. The number of aliphatic hydroxyl groups excluding tert-OH is 1. The van der Waals surface area contributed by atoms with E-state index in [0.29, 0.717) is 18.8 Å². The molecule has 0 unspecified atom stereocenters. The molecule has 0 spiro atoms. The van der Waals surface area contributed by atoms with Crippen LogP contribution in [0.4, 0.5) is 11.4 Å².